The van der Waals surface area contributed by atoms with Crippen LogP contribution in [0.25, 0.3) is 0 Å². The molecule has 5 nitrogen and oxygen atoms in total. The monoisotopic (exact) mass is 394 g/mol. The molecule has 3 rings (SSSR count). The molecule has 2 aromatic rings. The van der Waals surface area contributed by atoms with Crippen molar-refractivity contribution in [2.45, 2.75) is 19.8 Å². The molecule has 0 spiro atoms. The predicted octanol–water partition coefficient (Wildman–Crippen LogP) is 3.02. The third kappa shape index (κ3) is 3.95. The molecule has 0 atom stereocenters. The number of fused-ring (bicyclic) bond motifs is 1. The van der Waals surface area contributed by atoms with Gasteiger partial charge in [0.1, 0.15) is 18.2 Å². The first-order valence-electron chi connectivity index (χ1n) is 8.50. The van der Waals surface area contributed by atoms with E-state index in [4.69, 9.17) is 0 Å². The van der Waals surface area contributed by atoms with Gasteiger partial charge in [-0.2, -0.15) is 0 Å². The van der Waals surface area contributed by atoms with Gasteiger partial charge in [0.05, 0.1) is 17.6 Å². The maximum absolute atomic E-state index is 14.3. The molecule has 0 saturated carbocycles. The molecule has 8 heteroatoms. The number of nitrogens with zero attached hydrogens (tertiary/aromatic N) is 2. The van der Waals surface area contributed by atoms with Gasteiger partial charge in [-0.05, 0) is 43.0 Å². The summed E-state index contributed by atoms with van der Waals surface area (Å²) < 4.78 is 53.4. The van der Waals surface area contributed by atoms with Crippen LogP contribution in [0.1, 0.15) is 17.5 Å². The largest absolute Gasteiger partial charge is 0.308 e. The molecule has 0 fully saturated rings. The minimum absolute atomic E-state index is 0.0332. The van der Waals surface area contributed by atoms with Crippen molar-refractivity contribution >= 4 is 27.3 Å². The lowest BCUT2D eigenvalue weighted by Gasteiger charge is -2.32. The second kappa shape index (κ2) is 7.26. The van der Waals surface area contributed by atoms with Gasteiger partial charge in [0.2, 0.25) is 15.9 Å². The zero-order chi connectivity index (χ0) is 19.8. The topological polar surface area (TPSA) is 57.7 Å². The SMILES string of the molecule is Cc1ccccc1N(CC(=O)N1CCCc2cc(F)cc(F)c21)S(C)(=O)=O. The maximum atomic E-state index is 14.3. The van der Waals surface area contributed by atoms with Gasteiger partial charge in [0, 0.05) is 12.6 Å². The summed E-state index contributed by atoms with van der Waals surface area (Å²) in [6.45, 7) is 1.54. The summed E-state index contributed by atoms with van der Waals surface area (Å²) in [4.78, 5) is 14.1. The second-order valence-corrected chi connectivity index (χ2v) is 8.51. The smallest absolute Gasteiger partial charge is 0.247 e. The second-order valence-electron chi connectivity index (χ2n) is 6.60. The van der Waals surface area contributed by atoms with Crippen LogP contribution < -0.4 is 9.21 Å². The van der Waals surface area contributed by atoms with Crippen molar-refractivity contribution in [1.82, 2.24) is 0 Å². The van der Waals surface area contributed by atoms with E-state index < -0.39 is 34.1 Å². The van der Waals surface area contributed by atoms with Gasteiger partial charge in [0.15, 0.2) is 0 Å². The zero-order valence-corrected chi connectivity index (χ0v) is 15.9. The minimum atomic E-state index is -3.74. The van der Waals surface area contributed by atoms with Crippen LogP contribution in [0.15, 0.2) is 36.4 Å². The van der Waals surface area contributed by atoms with E-state index in [1.807, 2.05) is 0 Å². The van der Waals surface area contributed by atoms with Crippen molar-refractivity contribution in [3.63, 3.8) is 0 Å². The van der Waals surface area contributed by atoms with Crippen LogP contribution in [0.2, 0.25) is 0 Å². The quantitative estimate of drug-likeness (QED) is 0.801. The van der Waals surface area contributed by atoms with E-state index in [9.17, 15) is 22.0 Å². The fourth-order valence-corrected chi connectivity index (χ4v) is 4.24. The summed E-state index contributed by atoms with van der Waals surface area (Å²) in [7, 11) is -3.74. The van der Waals surface area contributed by atoms with E-state index in [2.05, 4.69) is 0 Å². The van der Waals surface area contributed by atoms with Crippen molar-refractivity contribution in [3.8, 4) is 0 Å². The van der Waals surface area contributed by atoms with E-state index >= 15 is 0 Å². The Labute approximate surface area is 157 Å². The zero-order valence-electron chi connectivity index (χ0n) is 15.1. The number of para-hydroxylation sites is 1. The van der Waals surface area contributed by atoms with Crippen LogP contribution in [-0.4, -0.2) is 33.7 Å². The van der Waals surface area contributed by atoms with Gasteiger partial charge in [-0.15, -0.1) is 0 Å². The number of amides is 1. The number of carbonyl (C=O) groups is 1. The van der Waals surface area contributed by atoms with Crippen LogP contribution in [0, 0.1) is 18.6 Å². The minimum Gasteiger partial charge on any atom is -0.308 e. The average molecular weight is 394 g/mol. The summed E-state index contributed by atoms with van der Waals surface area (Å²) >= 11 is 0. The van der Waals surface area contributed by atoms with E-state index in [1.165, 1.54) is 11.0 Å². The number of halogens is 2. The highest BCUT2D eigenvalue weighted by molar-refractivity contribution is 7.92. The van der Waals surface area contributed by atoms with Gasteiger partial charge >= 0.3 is 0 Å². The molecule has 0 saturated heterocycles. The number of carbonyl (C=O) groups excluding carboxylic acids is 1. The van der Waals surface area contributed by atoms with Gasteiger partial charge in [-0.3, -0.25) is 9.10 Å². The number of benzene rings is 2. The lowest BCUT2D eigenvalue weighted by Crippen LogP contribution is -2.45. The molecule has 0 unspecified atom stereocenters. The Morgan fingerprint density at radius 2 is 1.93 bits per heavy atom. The Balaban J connectivity index is 1.96. The highest BCUT2D eigenvalue weighted by Crippen LogP contribution is 2.32. The fourth-order valence-electron chi connectivity index (χ4n) is 3.33. The van der Waals surface area contributed by atoms with Crippen molar-refractivity contribution in [2.24, 2.45) is 0 Å². The highest BCUT2D eigenvalue weighted by Gasteiger charge is 2.30. The van der Waals surface area contributed by atoms with Crippen LogP contribution in [-0.2, 0) is 21.2 Å². The van der Waals surface area contributed by atoms with Gasteiger partial charge in [-0.1, -0.05) is 18.2 Å². The highest BCUT2D eigenvalue weighted by atomic mass is 32.2. The summed E-state index contributed by atoms with van der Waals surface area (Å²) in [5, 5.41) is 0. The van der Waals surface area contributed by atoms with Gasteiger partial charge in [-0.25, -0.2) is 17.2 Å². The van der Waals surface area contributed by atoms with Crippen molar-refractivity contribution in [1.29, 1.82) is 0 Å². The number of hydrogen-bond acceptors (Lipinski definition) is 3. The molecular formula is C19H20F2N2O3S. The number of sulfonamides is 1. The number of rotatable bonds is 4. The first-order valence-corrected chi connectivity index (χ1v) is 10.3. The van der Waals surface area contributed by atoms with E-state index in [0.29, 0.717) is 29.7 Å². The number of aryl methyl sites for hydroxylation is 2. The molecule has 1 heterocycles. The molecule has 1 amide bonds. The Morgan fingerprint density at radius 3 is 2.59 bits per heavy atom. The molecule has 2 aromatic carbocycles. The number of anilines is 2. The average Bonchev–Trinajstić information content (AvgIpc) is 2.58. The normalized spacial score (nSPS) is 14.0. The Hall–Kier alpha value is -2.48. The molecule has 1 aliphatic heterocycles. The van der Waals surface area contributed by atoms with Crippen molar-refractivity contribution < 1.29 is 22.0 Å². The van der Waals surface area contributed by atoms with Gasteiger partial charge < -0.3 is 4.90 Å². The summed E-state index contributed by atoms with van der Waals surface area (Å²) in [6, 6.07) is 8.77. The lowest BCUT2D eigenvalue weighted by atomic mass is 10.0. The van der Waals surface area contributed by atoms with Crippen molar-refractivity contribution in [2.75, 3.05) is 28.6 Å². The Morgan fingerprint density at radius 1 is 1.22 bits per heavy atom. The molecular weight excluding hydrogens is 374 g/mol. The molecule has 1 aliphatic rings. The van der Waals surface area contributed by atoms with E-state index in [-0.39, 0.29) is 12.2 Å². The molecule has 0 N–H and O–H groups in total. The molecule has 27 heavy (non-hydrogen) atoms. The molecule has 0 aromatic heterocycles. The maximum Gasteiger partial charge on any atom is 0.247 e. The molecule has 0 bridgehead atoms. The van der Waals surface area contributed by atoms with Crippen LogP contribution in [0.4, 0.5) is 20.2 Å². The third-order valence-corrected chi connectivity index (χ3v) is 5.70. The first-order chi connectivity index (χ1) is 12.7. The number of hydrogen-bond donors (Lipinski definition) is 0. The van der Waals surface area contributed by atoms with Crippen LogP contribution >= 0.6 is 0 Å². The van der Waals surface area contributed by atoms with Gasteiger partial charge in [0.25, 0.3) is 0 Å². The predicted molar refractivity (Wildman–Crippen MR) is 100 cm³/mol. The van der Waals surface area contributed by atoms with Crippen LogP contribution in [0.5, 0.6) is 0 Å². The van der Waals surface area contributed by atoms with E-state index in [0.717, 1.165) is 16.6 Å². The standard InChI is InChI=1S/C19H20F2N2O3S/c1-13-6-3-4-8-17(13)23(27(2,25)26)12-18(24)22-9-5-7-14-10-15(20)11-16(21)19(14)22/h3-4,6,8,10-11H,5,7,9,12H2,1-2H3. The lowest BCUT2D eigenvalue weighted by molar-refractivity contribution is -0.117. The summed E-state index contributed by atoms with van der Waals surface area (Å²) in [5.74, 6) is -2.08. The molecule has 0 radical (unpaired) electrons. The molecule has 0 aliphatic carbocycles. The Kier molecular flexibility index (Phi) is 5.19. The first kappa shape index (κ1) is 19.3. The fraction of sp³-hybridized carbons (Fsp3) is 0.316. The van der Waals surface area contributed by atoms with E-state index in [1.54, 1.807) is 31.2 Å². The van der Waals surface area contributed by atoms with Crippen molar-refractivity contribution in [3.05, 3.63) is 59.2 Å². The third-order valence-electron chi connectivity index (χ3n) is 4.57. The Bertz CT molecular complexity index is 992. The van der Waals surface area contributed by atoms with Crippen LogP contribution in [0.3, 0.4) is 0 Å². The molecule has 144 valence electrons. The summed E-state index contributed by atoms with van der Waals surface area (Å²) in [5.41, 5.74) is 1.54. The summed E-state index contributed by atoms with van der Waals surface area (Å²) in [6.07, 6.45) is 2.03.